The first-order chi connectivity index (χ1) is 37.6. The van der Waals surface area contributed by atoms with E-state index in [1.807, 2.05) is 12.4 Å². The van der Waals surface area contributed by atoms with Gasteiger partial charge in [0, 0.05) is 35.6 Å². The highest BCUT2D eigenvalue weighted by Crippen LogP contribution is 2.31. The van der Waals surface area contributed by atoms with Crippen molar-refractivity contribution in [2.75, 3.05) is 0 Å². The zero-order valence-electron chi connectivity index (χ0n) is 43.3. The summed E-state index contributed by atoms with van der Waals surface area (Å²) in [4.78, 5) is 10.1. The van der Waals surface area contributed by atoms with Crippen LogP contribution >= 0.6 is 0 Å². The molecule has 0 aromatic heterocycles. The number of rotatable bonds is 12. The topological polar surface area (TPSA) is 65.2 Å². The van der Waals surface area contributed by atoms with Gasteiger partial charge in [-0.25, -0.2) is 0 Å². The van der Waals surface area contributed by atoms with Crippen LogP contribution in [0.2, 0.25) is 0 Å². The molecule has 76 heavy (non-hydrogen) atoms. The lowest BCUT2D eigenvalue weighted by Crippen LogP contribution is -2.74. The maximum atomic E-state index is 12.3. The molecule has 0 unspecified atom stereocenters. The third-order valence-corrected chi connectivity index (χ3v) is 25.7. The first kappa shape index (κ1) is 50.3. The van der Waals surface area contributed by atoms with Crippen molar-refractivity contribution in [3.63, 3.8) is 0 Å². The van der Waals surface area contributed by atoms with Crippen LogP contribution in [0.15, 0.2) is 253 Å². The summed E-state index contributed by atoms with van der Waals surface area (Å²) in [6.07, 6.45) is 16.0. The molecule has 2 fully saturated rings. The molecular formula is C70H66N2O2Si2. The molecule has 0 bridgehead atoms. The molecule has 12 rings (SSSR count). The second-order valence-electron chi connectivity index (χ2n) is 20.7. The van der Waals surface area contributed by atoms with Gasteiger partial charge in [-0.15, -0.1) is 0 Å². The lowest BCUT2D eigenvalue weighted by molar-refractivity contribution is 0.444. The molecule has 2 N–H and O–H groups in total. The summed E-state index contributed by atoms with van der Waals surface area (Å²) in [7, 11) is -5.75. The minimum atomic E-state index is -2.87. The smallest absolute Gasteiger partial charge is 0.184 e. The first-order valence-corrected chi connectivity index (χ1v) is 31.5. The van der Waals surface area contributed by atoms with E-state index in [0.29, 0.717) is 23.6 Å². The third-order valence-electron chi connectivity index (χ3n) is 16.1. The molecule has 0 spiro atoms. The summed E-state index contributed by atoms with van der Waals surface area (Å²) in [5, 5.41) is 38.4. The molecule has 0 radical (unpaired) electrons. The Morgan fingerprint density at radius 1 is 0.316 bits per heavy atom. The molecule has 2 saturated carbocycles. The SMILES string of the molecule is Oc1c([Si](c2ccccc2)(c2ccccc2)c2ccccc2)cc2ccccc2c1C=NC1CCCCC1.Oc1c([Si](c2ccccc2)(c2ccccc2)c2ccccc2)cc2ccccc2c1C=NC1CCCCC1. The van der Waals surface area contributed by atoms with E-state index in [1.54, 1.807) is 0 Å². The highest BCUT2D eigenvalue weighted by Gasteiger charge is 2.45. The number of phenols is 2. The standard InChI is InChI=1S/2C35H33NOSi/c2*37-35-33(26-36-28-16-5-1-6-17-28)32-24-14-13-15-27(32)25-34(35)38(29-18-7-2-8-19-29,30-20-9-3-10-21-30)31-22-11-4-12-23-31/h2*2-4,7-15,18-26,28,37H,1,5-6,16-17H2. The van der Waals surface area contributed by atoms with E-state index in [0.717, 1.165) is 68.7 Å². The number of hydrogen-bond acceptors (Lipinski definition) is 4. The summed E-state index contributed by atoms with van der Waals surface area (Å²) in [5.41, 5.74) is 1.67. The van der Waals surface area contributed by atoms with Gasteiger partial charge in [-0.05, 0) is 88.7 Å². The van der Waals surface area contributed by atoms with E-state index < -0.39 is 16.1 Å². The zero-order valence-corrected chi connectivity index (χ0v) is 45.3. The normalized spacial score (nSPS) is 14.7. The van der Waals surface area contributed by atoms with E-state index in [2.05, 4.69) is 243 Å². The van der Waals surface area contributed by atoms with Gasteiger partial charge < -0.3 is 10.2 Å². The van der Waals surface area contributed by atoms with Crippen LogP contribution in [0.4, 0.5) is 0 Å². The van der Waals surface area contributed by atoms with Crippen molar-refractivity contribution in [1.29, 1.82) is 0 Å². The van der Waals surface area contributed by atoms with Crippen LogP contribution in [0, 0.1) is 0 Å². The second kappa shape index (κ2) is 23.3. The Labute approximate surface area is 450 Å². The van der Waals surface area contributed by atoms with Crippen LogP contribution in [-0.4, -0.2) is 50.9 Å². The summed E-state index contributed by atoms with van der Waals surface area (Å²) in [6, 6.07) is 86.6. The number of benzene rings is 10. The lowest BCUT2D eigenvalue weighted by Gasteiger charge is -2.35. The Kier molecular flexibility index (Phi) is 15.4. The number of hydrogen-bond donors (Lipinski definition) is 2. The van der Waals surface area contributed by atoms with Crippen molar-refractivity contribution >= 4 is 91.6 Å². The number of nitrogens with zero attached hydrogens (tertiary/aromatic N) is 2. The maximum absolute atomic E-state index is 12.3. The molecule has 0 saturated heterocycles. The molecule has 2 aliphatic rings. The minimum absolute atomic E-state index is 0.338. The van der Waals surface area contributed by atoms with E-state index in [1.165, 1.54) is 69.6 Å². The second-order valence-corrected chi connectivity index (χ2v) is 28.2. The molecule has 376 valence electrons. The fourth-order valence-electron chi connectivity index (χ4n) is 12.4. The van der Waals surface area contributed by atoms with E-state index in [-0.39, 0.29) is 0 Å². The number of aliphatic imine (C=N–C) groups is 2. The molecule has 0 heterocycles. The van der Waals surface area contributed by atoms with Crippen LogP contribution in [0.3, 0.4) is 0 Å². The summed E-state index contributed by atoms with van der Waals surface area (Å²) in [6.45, 7) is 0. The van der Waals surface area contributed by atoms with Crippen LogP contribution in [0.5, 0.6) is 11.5 Å². The zero-order chi connectivity index (χ0) is 51.6. The van der Waals surface area contributed by atoms with Crippen molar-refractivity contribution in [2.24, 2.45) is 9.98 Å². The van der Waals surface area contributed by atoms with Gasteiger partial charge in [0.25, 0.3) is 0 Å². The van der Waals surface area contributed by atoms with Gasteiger partial charge in [0.15, 0.2) is 16.1 Å². The summed E-state index contributed by atoms with van der Waals surface area (Å²) in [5.74, 6) is 0.706. The summed E-state index contributed by atoms with van der Waals surface area (Å²) < 4.78 is 0. The first-order valence-electron chi connectivity index (χ1n) is 27.5. The summed E-state index contributed by atoms with van der Waals surface area (Å²) >= 11 is 0. The number of phenolic OH excluding ortho intramolecular Hbond substituents is 2. The Balaban J connectivity index is 0.000000162. The predicted octanol–water partition coefficient (Wildman–Crippen LogP) is 11.3. The Morgan fingerprint density at radius 3 is 0.842 bits per heavy atom. The molecular weight excluding hydrogens is 957 g/mol. The Bertz CT molecular complexity index is 3130. The Morgan fingerprint density at radius 2 is 0.566 bits per heavy atom. The van der Waals surface area contributed by atoms with Gasteiger partial charge in [0.1, 0.15) is 11.5 Å². The molecule has 2 aliphatic carbocycles. The van der Waals surface area contributed by atoms with Crippen molar-refractivity contribution in [3.8, 4) is 11.5 Å². The monoisotopic (exact) mass is 1020 g/mol. The van der Waals surface area contributed by atoms with Crippen LogP contribution in [-0.2, 0) is 0 Å². The van der Waals surface area contributed by atoms with E-state index in [9.17, 15) is 10.2 Å². The van der Waals surface area contributed by atoms with Crippen LogP contribution in [0.1, 0.15) is 75.3 Å². The number of aromatic hydroxyl groups is 2. The van der Waals surface area contributed by atoms with Gasteiger partial charge in [-0.3, -0.25) is 9.98 Å². The maximum Gasteiger partial charge on any atom is 0.184 e. The van der Waals surface area contributed by atoms with Gasteiger partial charge >= 0.3 is 0 Å². The fourth-order valence-corrected chi connectivity index (χ4v) is 22.2. The van der Waals surface area contributed by atoms with Gasteiger partial charge in [-0.2, -0.15) is 0 Å². The highest BCUT2D eigenvalue weighted by molar-refractivity contribution is 7.21. The van der Waals surface area contributed by atoms with Crippen LogP contribution in [0.25, 0.3) is 21.5 Å². The molecule has 10 aromatic rings. The molecule has 4 nitrogen and oxygen atoms in total. The van der Waals surface area contributed by atoms with Crippen molar-refractivity contribution < 1.29 is 10.2 Å². The van der Waals surface area contributed by atoms with Crippen molar-refractivity contribution in [3.05, 3.63) is 254 Å². The fraction of sp³-hybridized carbons (Fsp3) is 0.171. The third kappa shape index (κ3) is 9.91. The Hall–Kier alpha value is -7.91. The predicted molar refractivity (Wildman–Crippen MR) is 327 cm³/mol. The average molecular weight is 1020 g/mol. The van der Waals surface area contributed by atoms with Crippen molar-refractivity contribution in [2.45, 2.75) is 76.3 Å². The quantitative estimate of drug-likeness (QED) is 0.0728. The van der Waals surface area contributed by atoms with Gasteiger partial charge in [0.2, 0.25) is 0 Å². The average Bonchev–Trinajstić information content (AvgIpc) is 3.52. The van der Waals surface area contributed by atoms with E-state index in [4.69, 9.17) is 9.98 Å². The molecule has 0 amide bonds. The molecule has 0 atom stereocenters. The van der Waals surface area contributed by atoms with E-state index >= 15 is 0 Å². The van der Waals surface area contributed by atoms with Gasteiger partial charge in [-0.1, -0.05) is 281 Å². The highest BCUT2D eigenvalue weighted by atomic mass is 28.3. The van der Waals surface area contributed by atoms with Gasteiger partial charge in [0.05, 0.1) is 0 Å². The number of fused-ring (bicyclic) bond motifs is 2. The lowest BCUT2D eigenvalue weighted by atomic mass is 9.96. The molecule has 10 aromatic carbocycles. The molecule has 0 aliphatic heterocycles. The van der Waals surface area contributed by atoms with Crippen molar-refractivity contribution in [1.82, 2.24) is 0 Å². The largest absolute Gasteiger partial charge is 0.507 e. The minimum Gasteiger partial charge on any atom is -0.507 e. The van der Waals surface area contributed by atoms with Crippen LogP contribution < -0.4 is 41.5 Å². The molecule has 6 heteroatoms.